The van der Waals surface area contributed by atoms with E-state index in [1.807, 2.05) is 44.2 Å². The van der Waals surface area contributed by atoms with Crippen molar-refractivity contribution in [2.24, 2.45) is 0 Å². The van der Waals surface area contributed by atoms with Crippen molar-refractivity contribution in [3.63, 3.8) is 0 Å². The lowest BCUT2D eigenvalue weighted by molar-refractivity contribution is -0.138. The molecule has 1 aliphatic heterocycles. The molecule has 0 atom stereocenters. The predicted octanol–water partition coefficient (Wildman–Crippen LogP) is 4.90. The fourth-order valence-corrected chi connectivity index (χ4v) is 4.31. The summed E-state index contributed by atoms with van der Waals surface area (Å²) in [4.78, 5) is 25.7. The molecule has 2 heterocycles. The van der Waals surface area contributed by atoms with Crippen LogP contribution in [0, 0.1) is 6.92 Å². The van der Waals surface area contributed by atoms with Crippen molar-refractivity contribution in [2.75, 3.05) is 37.7 Å². The molecule has 0 bridgehead atoms. The van der Waals surface area contributed by atoms with Crippen molar-refractivity contribution in [2.45, 2.75) is 33.1 Å². The van der Waals surface area contributed by atoms with Gasteiger partial charge in [-0.15, -0.1) is 0 Å². The molecule has 1 amide bonds. The van der Waals surface area contributed by atoms with Crippen molar-refractivity contribution < 1.29 is 22.7 Å². The Morgan fingerprint density at radius 1 is 1.00 bits per heavy atom. The highest BCUT2D eigenvalue weighted by atomic mass is 19.4. The van der Waals surface area contributed by atoms with Gasteiger partial charge in [-0.05, 0) is 31.0 Å². The molecule has 3 aromatic rings. The Balaban J connectivity index is 1.44. The van der Waals surface area contributed by atoms with Crippen LogP contribution in [0.5, 0.6) is 0 Å². The topological polar surface area (TPSA) is 58.6 Å². The number of aromatic nitrogens is 2. The first-order chi connectivity index (χ1) is 17.3. The van der Waals surface area contributed by atoms with Gasteiger partial charge in [-0.3, -0.25) is 4.79 Å². The number of rotatable bonds is 7. The van der Waals surface area contributed by atoms with Gasteiger partial charge in [0.05, 0.1) is 12.2 Å². The minimum atomic E-state index is -4.44. The Kier molecular flexibility index (Phi) is 7.88. The Bertz CT molecular complexity index is 1190. The van der Waals surface area contributed by atoms with Crippen LogP contribution in [-0.4, -0.2) is 53.6 Å². The zero-order valence-corrected chi connectivity index (χ0v) is 20.4. The molecule has 1 saturated heterocycles. The summed E-state index contributed by atoms with van der Waals surface area (Å²) in [7, 11) is 0. The van der Waals surface area contributed by atoms with Crippen molar-refractivity contribution in [3.05, 3.63) is 77.0 Å². The van der Waals surface area contributed by atoms with Crippen molar-refractivity contribution in [1.29, 1.82) is 0 Å². The molecule has 0 aliphatic carbocycles. The lowest BCUT2D eigenvalue weighted by Crippen LogP contribution is -2.50. The van der Waals surface area contributed by atoms with Gasteiger partial charge in [0.2, 0.25) is 5.91 Å². The van der Waals surface area contributed by atoms with Gasteiger partial charge in [-0.25, -0.2) is 9.97 Å². The molecule has 0 radical (unpaired) electrons. The van der Waals surface area contributed by atoms with E-state index in [0.717, 1.165) is 29.0 Å². The number of hydrogen-bond acceptors (Lipinski definition) is 5. The maximum absolute atomic E-state index is 13.2. The Morgan fingerprint density at radius 2 is 1.72 bits per heavy atom. The molecule has 2 aromatic carbocycles. The second-order valence-electron chi connectivity index (χ2n) is 8.71. The van der Waals surface area contributed by atoms with Crippen molar-refractivity contribution in [3.8, 4) is 11.4 Å². The highest BCUT2D eigenvalue weighted by Crippen LogP contribution is 2.32. The molecule has 0 N–H and O–H groups in total. The SMILES string of the molecule is CCc1c(C)nc(-c2cccc(C(F)(F)F)c2)nc1N1CCN(C(=O)COCc2ccccc2)CC1. The molecule has 4 rings (SSSR count). The number of ether oxygens (including phenoxy) is 1. The standard InChI is InChI=1S/C27H29F3N4O2/c1-3-23-19(2)31-25(21-10-7-11-22(16-21)27(28,29)30)32-26(23)34-14-12-33(13-15-34)24(35)18-36-17-20-8-5-4-6-9-20/h4-11,16H,3,12-15,17-18H2,1-2H3. The first-order valence-corrected chi connectivity index (χ1v) is 12.0. The predicted molar refractivity (Wildman–Crippen MR) is 131 cm³/mol. The number of nitrogens with zero attached hydrogens (tertiary/aromatic N) is 4. The second-order valence-corrected chi connectivity index (χ2v) is 8.71. The van der Waals surface area contributed by atoms with Crippen LogP contribution < -0.4 is 4.90 Å². The highest BCUT2D eigenvalue weighted by molar-refractivity contribution is 5.77. The van der Waals surface area contributed by atoms with E-state index >= 15 is 0 Å². The number of anilines is 1. The number of halogens is 3. The molecule has 6 nitrogen and oxygen atoms in total. The van der Waals surface area contributed by atoms with Crippen molar-refractivity contribution in [1.82, 2.24) is 14.9 Å². The summed E-state index contributed by atoms with van der Waals surface area (Å²) in [5, 5.41) is 0. The monoisotopic (exact) mass is 498 g/mol. The minimum Gasteiger partial charge on any atom is -0.367 e. The molecular formula is C27H29F3N4O2. The molecule has 1 aromatic heterocycles. The van der Waals surface area contributed by atoms with E-state index in [1.54, 1.807) is 11.0 Å². The summed E-state index contributed by atoms with van der Waals surface area (Å²) in [6.07, 6.45) is -3.75. The van der Waals surface area contributed by atoms with Crippen LogP contribution in [0.1, 0.15) is 29.3 Å². The third kappa shape index (κ3) is 6.02. The van der Waals surface area contributed by atoms with E-state index in [0.29, 0.717) is 50.6 Å². The fourth-order valence-electron chi connectivity index (χ4n) is 4.31. The number of piperazine rings is 1. The maximum Gasteiger partial charge on any atom is 0.416 e. The number of aryl methyl sites for hydroxylation is 1. The van der Waals surface area contributed by atoms with Crippen LogP contribution in [0.3, 0.4) is 0 Å². The number of carbonyl (C=O) groups excluding carboxylic acids is 1. The Hall–Kier alpha value is -3.46. The minimum absolute atomic E-state index is 0.0153. The first-order valence-electron chi connectivity index (χ1n) is 12.0. The third-order valence-electron chi connectivity index (χ3n) is 6.26. The van der Waals surface area contributed by atoms with E-state index in [1.165, 1.54) is 6.07 Å². The highest BCUT2D eigenvalue weighted by Gasteiger charge is 2.31. The normalized spacial score (nSPS) is 14.2. The van der Waals surface area contributed by atoms with Crippen LogP contribution in [0.25, 0.3) is 11.4 Å². The van der Waals surface area contributed by atoms with Crippen molar-refractivity contribution >= 4 is 11.7 Å². The number of carbonyl (C=O) groups is 1. The third-order valence-corrected chi connectivity index (χ3v) is 6.26. The van der Waals surface area contributed by atoms with Crippen LogP contribution in [0.4, 0.5) is 19.0 Å². The lowest BCUT2D eigenvalue weighted by atomic mass is 10.1. The van der Waals surface area contributed by atoms with Crippen LogP contribution in [0.2, 0.25) is 0 Å². The summed E-state index contributed by atoms with van der Waals surface area (Å²) in [5.74, 6) is 0.910. The molecule has 0 unspecified atom stereocenters. The zero-order valence-electron chi connectivity index (χ0n) is 20.4. The first kappa shape index (κ1) is 25.6. The molecule has 190 valence electrons. The molecule has 1 fully saturated rings. The summed E-state index contributed by atoms with van der Waals surface area (Å²) >= 11 is 0. The zero-order chi connectivity index (χ0) is 25.7. The Morgan fingerprint density at radius 3 is 2.39 bits per heavy atom. The van der Waals surface area contributed by atoms with Gasteiger partial charge in [0.25, 0.3) is 0 Å². The van der Waals surface area contributed by atoms with E-state index in [9.17, 15) is 18.0 Å². The van der Waals surface area contributed by atoms with Crippen LogP contribution in [-0.2, 0) is 28.7 Å². The number of benzene rings is 2. The number of hydrogen-bond donors (Lipinski definition) is 0. The quantitative estimate of drug-likeness (QED) is 0.464. The van der Waals surface area contributed by atoms with Crippen LogP contribution in [0.15, 0.2) is 54.6 Å². The van der Waals surface area contributed by atoms with Gasteiger partial charge in [0.1, 0.15) is 12.4 Å². The molecular weight excluding hydrogens is 469 g/mol. The average Bonchev–Trinajstić information content (AvgIpc) is 2.88. The molecule has 1 aliphatic rings. The summed E-state index contributed by atoms with van der Waals surface area (Å²) in [6.45, 7) is 6.41. The molecule has 9 heteroatoms. The second kappa shape index (κ2) is 11.1. The summed E-state index contributed by atoms with van der Waals surface area (Å²) in [5.41, 5.74) is 2.29. The van der Waals surface area contributed by atoms with Gasteiger partial charge in [-0.1, -0.05) is 49.4 Å². The van der Waals surface area contributed by atoms with Gasteiger partial charge in [0, 0.05) is 43.0 Å². The lowest BCUT2D eigenvalue weighted by Gasteiger charge is -2.36. The van der Waals surface area contributed by atoms with E-state index in [4.69, 9.17) is 9.72 Å². The average molecular weight is 499 g/mol. The van der Waals surface area contributed by atoms with Gasteiger partial charge in [0.15, 0.2) is 5.82 Å². The molecule has 0 saturated carbocycles. The summed E-state index contributed by atoms with van der Waals surface area (Å²) in [6, 6.07) is 14.8. The number of alkyl halides is 3. The number of amides is 1. The fraction of sp³-hybridized carbons (Fsp3) is 0.370. The van der Waals surface area contributed by atoms with E-state index < -0.39 is 11.7 Å². The summed E-state index contributed by atoms with van der Waals surface area (Å²) < 4.78 is 45.3. The van der Waals surface area contributed by atoms with Gasteiger partial charge in [-0.2, -0.15) is 13.2 Å². The molecule has 36 heavy (non-hydrogen) atoms. The smallest absolute Gasteiger partial charge is 0.367 e. The largest absolute Gasteiger partial charge is 0.416 e. The molecule has 0 spiro atoms. The maximum atomic E-state index is 13.2. The van der Waals surface area contributed by atoms with Gasteiger partial charge >= 0.3 is 6.18 Å². The Labute approximate surface area is 208 Å². The van der Waals surface area contributed by atoms with Gasteiger partial charge < -0.3 is 14.5 Å². The van der Waals surface area contributed by atoms with E-state index in [-0.39, 0.29) is 18.3 Å². The van der Waals surface area contributed by atoms with Crippen LogP contribution >= 0.6 is 0 Å². The van der Waals surface area contributed by atoms with E-state index in [2.05, 4.69) is 9.88 Å².